The van der Waals surface area contributed by atoms with E-state index in [2.05, 4.69) is 24.1 Å². The van der Waals surface area contributed by atoms with E-state index in [-0.39, 0.29) is 12.5 Å². The first-order valence-corrected chi connectivity index (χ1v) is 9.45. The summed E-state index contributed by atoms with van der Waals surface area (Å²) in [5, 5.41) is 5.32. The van der Waals surface area contributed by atoms with Gasteiger partial charge in [-0.25, -0.2) is 4.98 Å². The zero-order valence-electron chi connectivity index (χ0n) is 15.2. The molecule has 0 aliphatic carbocycles. The molecule has 0 bridgehead atoms. The van der Waals surface area contributed by atoms with Crippen LogP contribution in [0.4, 0.5) is 5.13 Å². The van der Waals surface area contributed by atoms with Gasteiger partial charge in [0, 0.05) is 10.9 Å². The molecule has 0 unspecified atom stereocenters. The van der Waals surface area contributed by atoms with Gasteiger partial charge in [0.2, 0.25) is 0 Å². The number of carbonyl (C=O) groups is 1. The molecule has 0 fully saturated rings. The molecule has 2 aromatic carbocycles. The molecule has 0 saturated heterocycles. The maximum absolute atomic E-state index is 12.2. The van der Waals surface area contributed by atoms with Crippen LogP contribution in [0, 0.1) is 6.92 Å². The van der Waals surface area contributed by atoms with Gasteiger partial charge in [-0.05, 0) is 24.5 Å². The molecule has 4 nitrogen and oxygen atoms in total. The Hall–Kier alpha value is -2.66. The van der Waals surface area contributed by atoms with Crippen LogP contribution in [0.5, 0.6) is 5.75 Å². The quantitative estimate of drug-likeness (QED) is 0.647. The monoisotopic (exact) mass is 366 g/mol. The Bertz CT molecular complexity index is 885. The second kappa shape index (κ2) is 8.15. The number of hydrogen-bond donors (Lipinski definition) is 1. The molecule has 0 aliphatic rings. The van der Waals surface area contributed by atoms with Gasteiger partial charge in [-0.1, -0.05) is 61.9 Å². The summed E-state index contributed by atoms with van der Waals surface area (Å²) in [6.07, 6.45) is 0. The summed E-state index contributed by atoms with van der Waals surface area (Å²) in [6.45, 7) is 6.21. The van der Waals surface area contributed by atoms with Crippen LogP contribution in [0.25, 0.3) is 11.3 Å². The van der Waals surface area contributed by atoms with Gasteiger partial charge in [0.25, 0.3) is 5.91 Å². The third-order valence-corrected chi connectivity index (χ3v) is 4.76. The molecule has 0 spiro atoms. The van der Waals surface area contributed by atoms with Crippen molar-refractivity contribution in [2.24, 2.45) is 0 Å². The molecule has 0 saturated carbocycles. The van der Waals surface area contributed by atoms with Crippen molar-refractivity contribution in [1.29, 1.82) is 0 Å². The van der Waals surface area contributed by atoms with Crippen LogP contribution in [0.3, 0.4) is 0 Å². The molecule has 134 valence electrons. The van der Waals surface area contributed by atoms with E-state index in [4.69, 9.17) is 4.74 Å². The maximum atomic E-state index is 12.2. The summed E-state index contributed by atoms with van der Waals surface area (Å²) in [6, 6.07) is 16.0. The minimum Gasteiger partial charge on any atom is -0.483 e. The lowest BCUT2D eigenvalue weighted by Crippen LogP contribution is -2.20. The van der Waals surface area contributed by atoms with Crippen molar-refractivity contribution in [1.82, 2.24) is 4.98 Å². The van der Waals surface area contributed by atoms with E-state index in [1.807, 2.05) is 60.8 Å². The molecule has 26 heavy (non-hydrogen) atoms. The molecule has 0 aliphatic heterocycles. The van der Waals surface area contributed by atoms with Crippen LogP contribution in [-0.4, -0.2) is 17.5 Å². The Kier molecular flexibility index (Phi) is 5.68. The van der Waals surface area contributed by atoms with E-state index in [0.29, 0.717) is 11.0 Å². The Morgan fingerprint density at radius 1 is 1.15 bits per heavy atom. The number of carbonyl (C=O) groups excluding carboxylic acids is 1. The fourth-order valence-electron chi connectivity index (χ4n) is 2.58. The van der Waals surface area contributed by atoms with Crippen molar-refractivity contribution >= 4 is 22.4 Å². The van der Waals surface area contributed by atoms with Gasteiger partial charge in [-0.3, -0.25) is 10.1 Å². The van der Waals surface area contributed by atoms with Crippen molar-refractivity contribution in [3.63, 3.8) is 0 Å². The molecule has 3 aromatic rings. The molecule has 0 atom stereocenters. The van der Waals surface area contributed by atoms with Crippen LogP contribution < -0.4 is 10.1 Å². The lowest BCUT2D eigenvalue weighted by molar-refractivity contribution is -0.118. The molecule has 0 radical (unpaired) electrons. The lowest BCUT2D eigenvalue weighted by Gasteiger charge is -2.13. The number of amides is 1. The van der Waals surface area contributed by atoms with Crippen molar-refractivity contribution in [2.45, 2.75) is 26.7 Å². The number of ether oxygens (including phenoxy) is 1. The highest BCUT2D eigenvalue weighted by Crippen LogP contribution is 2.27. The Labute approximate surface area is 157 Å². The number of hydrogen-bond acceptors (Lipinski definition) is 4. The van der Waals surface area contributed by atoms with E-state index in [9.17, 15) is 4.79 Å². The topological polar surface area (TPSA) is 51.2 Å². The maximum Gasteiger partial charge on any atom is 0.264 e. The zero-order valence-corrected chi connectivity index (χ0v) is 16.0. The van der Waals surface area contributed by atoms with Gasteiger partial charge in [0.15, 0.2) is 11.7 Å². The van der Waals surface area contributed by atoms with Gasteiger partial charge in [-0.15, -0.1) is 11.3 Å². The standard InChI is InChI=1S/C21H22N2O2S/c1-14(2)17-6-4-5-7-19(17)25-12-20(24)23-21-22-18(13-26-21)16-10-8-15(3)9-11-16/h4-11,13-14H,12H2,1-3H3,(H,22,23,24). The second-order valence-electron chi connectivity index (χ2n) is 6.43. The Balaban J connectivity index is 1.60. The van der Waals surface area contributed by atoms with Crippen LogP contribution in [-0.2, 0) is 4.79 Å². The lowest BCUT2D eigenvalue weighted by atomic mass is 10.0. The molecule has 1 amide bonds. The van der Waals surface area contributed by atoms with Crippen molar-refractivity contribution < 1.29 is 9.53 Å². The smallest absolute Gasteiger partial charge is 0.264 e. The average Bonchev–Trinajstić information content (AvgIpc) is 3.09. The number of aromatic nitrogens is 1. The fraction of sp³-hybridized carbons (Fsp3) is 0.238. The summed E-state index contributed by atoms with van der Waals surface area (Å²) < 4.78 is 5.70. The summed E-state index contributed by atoms with van der Waals surface area (Å²) in [4.78, 5) is 16.7. The van der Waals surface area contributed by atoms with Gasteiger partial charge in [-0.2, -0.15) is 0 Å². The summed E-state index contributed by atoms with van der Waals surface area (Å²) in [5.74, 6) is 0.871. The first-order chi connectivity index (χ1) is 12.5. The molecular weight excluding hydrogens is 344 g/mol. The number of thiazole rings is 1. The zero-order chi connectivity index (χ0) is 18.5. The van der Waals surface area contributed by atoms with Crippen LogP contribution >= 0.6 is 11.3 Å². The van der Waals surface area contributed by atoms with E-state index < -0.39 is 0 Å². The SMILES string of the molecule is Cc1ccc(-c2csc(NC(=O)COc3ccccc3C(C)C)n2)cc1. The van der Waals surface area contributed by atoms with Crippen LogP contribution in [0.2, 0.25) is 0 Å². The molecule has 5 heteroatoms. The molecule has 1 heterocycles. The number of anilines is 1. The summed E-state index contributed by atoms with van der Waals surface area (Å²) in [7, 11) is 0. The summed E-state index contributed by atoms with van der Waals surface area (Å²) in [5.41, 5.74) is 4.19. The molecule has 1 N–H and O–H groups in total. The Morgan fingerprint density at radius 2 is 1.88 bits per heavy atom. The minimum atomic E-state index is -0.214. The van der Waals surface area contributed by atoms with Gasteiger partial charge < -0.3 is 4.74 Å². The number of nitrogens with zero attached hydrogens (tertiary/aromatic N) is 1. The summed E-state index contributed by atoms with van der Waals surface area (Å²) >= 11 is 1.41. The predicted molar refractivity (Wildman–Crippen MR) is 107 cm³/mol. The van der Waals surface area contributed by atoms with Crippen molar-refractivity contribution in [2.75, 3.05) is 11.9 Å². The van der Waals surface area contributed by atoms with Crippen molar-refractivity contribution in [3.8, 4) is 17.0 Å². The van der Waals surface area contributed by atoms with Crippen molar-refractivity contribution in [3.05, 3.63) is 65.0 Å². The minimum absolute atomic E-state index is 0.0385. The Morgan fingerprint density at radius 3 is 2.62 bits per heavy atom. The highest BCUT2D eigenvalue weighted by Gasteiger charge is 2.11. The van der Waals surface area contributed by atoms with Crippen LogP contribution in [0.1, 0.15) is 30.9 Å². The third kappa shape index (κ3) is 4.49. The molecule has 1 aromatic heterocycles. The number of nitrogens with one attached hydrogen (secondary N) is 1. The first kappa shape index (κ1) is 18.1. The van der Waals surface area contributed by atoms with Gasteiger partial charge in [0.1, 0.15) is 5.75 Å². The molecule has 3 rings (SSSR count). The van der Waals surface area contributed by atoms with E-state index in [0.717, 1.165) is 22.6 Å². The average molecular weight is 366 g/mol. The van der Waals surface area contributed by atoms with Crippen LogP contribution in [0.15, 0.2) is 53.9 Å². The number of para-hydroxylation sites is 1. The van der Waals surface area contributed by atoms with Gasteiger partial charge in [0.05, 0.1) is 5.69 Å². The number of aryl methyl sites for hydroxylation is 1. The molecular formula is C21H22N2O2S. The predicted octanol–water partition coefficient (Wildman–Crippen LogP) is 5.26. The van der Waals surface area contributed by atoms with E-state index in [1.54, 1.807) is 0 Å². The first-order valence-electron chi connectivity index (χ1n) is 8.57. The van der Waals surface area contributed by atoms with E-state index >= 15 is 0 Å². The number of benzene rings is 2. The normalized spacial score (nSPS) is 10.8. The fourth-order valence-corrected chi connectivity index (χ4v) is 3.31. The largest absolute Gasteiger partial charge is 0.483 e. The van der Waals surface area contributed by atoms with E-state index in [1.165, 1.54) is 16.9 Å². The highest BCUT2D eigenvalue weighted by atomic mass is 32.1. The highest BCUT2D eigenvalue weighted by molar-refractivity contribution is 7.14. The third-order valence-electron chi connectivity index (χ3n) is 4.00. The number of rotatable bonds is 6. The van der Waals surface area contributed by atoms with Gasteiger partial charge >= 0.3 is 0 Å². The second-order valence-corrected chi connectivity index (χ2v) is 7.29.